The fraction of sp³-hybridized carbons (Fsp3) is 0.257. The first kappa shape index (κ1) is 37.3. The van der Waals surface area contributed by atoms with Crippen LogP contribution in [0.2, 0.25) is 0 Å². The van der Waals surface area contributed by atoms with Crippen molar-refractivity contribution in [2.75, 3.05) is 17.6 Å². The molecular weight excluding hydrogens is 662 g/mol. The van der Waals surface area contributed by atoms with E-state index in [1.54, 1.807) is 36.4 Å². The molecule has 0 saturated heterocycles. The smallest absolute Gasteiger partial charge is 0.412 e. The van der Waals surface area contributed by atoms with Gasteiger partial charge in [0.15, 0.2) is 5.88 Å². The van der Waals surface area contributed by atoms with Crippen LogP contribution >= 0.6 is 11.8 Å². The second kappa shape index (κ2) is 18.3. The number of carbonyl (C=O) groups is 4. The van der Waals surface area contributed by atoms with Gasteiger partial charge in [-0.05, 0) is 54.7 Å². The molecule has 0 bridgehead atoms. The molecule has 50 heavy (non-hydrogen) atoms. The number of rotatable bonds is 17. The maximum absolute atomic E-state index is 12.7. The number of primary amides is 1. The highest BCUT2D eigenvalue weighted by atomic mass is 32.2. The molecule has 14 nitrogen and oxygen atoms in total. The number of nitrogens with two attached hydrogens (primary N) is 3. The molecule has 0 radical (unpaired) electrons. The zero-order valence-electron chi connectivity index (χ0n) is 27.2. The van der Waals surface area contributed by atoms with Crippen molar-refractivity contribution in [3.8, 4) is 17.5 Å². The summed E-state index contributed by atoms with van der Waals surface area (Å²) < 4.78 is 6.60. The van der Waals surface area contributed by atoms with E-state index in [0.29, 0.717) is 17.0 Å². The van der Waals surface area contributed by atoms with Gasteiger partial charge in [-0.25, -0.2) is 4.79 Å². The third-order valence-electron chi connectivity index (χ3n) is 7.53. The lowest BCUT2D eigenvalue weighted by Gasteiger charge is -2.18. The number of aromatic nitrogens is 1. The Morgan fingerprint density at radius 2 is 1.50 bits per heavy atom. The van der Waals surface area contributed by atoms with Gasteiger partial charge in [-0.15, -0.1) is 11.8 Å². The summed E-state index contributed by atoms with van der Waals surface area (Å²) in [5, 5.41) is 28.8. The molecule has 3 aromatic carbocycles. The highest BCUT2D eigenvalue weighted by molar-refractivity contribution is 7.99. The number of para-hydroxylation sites is 1. The zero-order valence-corrected chi connectivity index (χ0v) is 28.0. The number of ether oxygens (including phenoxy) is 1. The van der Waals surface area contributed by atoms with Gasteiger partial charge in [-0.3, -0.25) is 19.0 Å². The monoisotopic (exact) mass is 703 g/mol. The van der Waals surface area contributed by atoms with Crippen molar-refractivity contribution in [3.63, 3.8) is 0 Å². The van der Waals surface area contributed by atoms with E-state index in [4.69, 9.17) is 21.9 Å². The van der Waals surface area contributed by atoms with Crippen LogP contribution in [-0.4, -0.2) is 69.0 Å². The molecule has 1 aromatic heterocycles. The lowest BCUT2D eigenvalue weighted by atomic mass is 10.1. The number of hydrogen-bond donors (Lipinski definition) is 8. The molecule has 4 rings (SSSR count). The highest BCUT2D eigenvalue weighted by Crippen LogP contribution is 2.36. The van der Waals surface area contributed by atoms with Crippen LogP contribution < -0.4 is 37.9 Å². The van der Waals surface area contributed by atoms with Gasteiger partial charge in [0.25, 0.3) is 0 Å². The minimum Gasteiger partial charge on any atom is -0.494 e. The van der Waals surface area contributed by atoms with E-state index in [1.165, 1.54) is 10.6 Å². The van der Waals surface area contributed by atoms with E-state index < -0.39 is 36.0 Å². The molecule has 0 aliphatic carbocycles. The molecule has 0 spiro atoms. The second-order valence-corrected chi connectivity index (χ2v) is 12.5. The number of benzene rings is 3. The van der Waals surface area contributed by atoms with E-state index in [-0.39, 0.29) is 55.1 Å². The van der Waals surface area contributed by atoms with Crippen LogP contribution in [0.25, 0.3) is 0 Å². The van der Waals surface area contributed by atoms with Crippen molar-refractivity contribution in [2.45, 2.75) is 48.8 Å². The quantitative estimate of drug-likeness (QED) is 0.0590. The van der Waals surface area contributed by atoms with Crippen LogP contribution in [0.5, 0.6) is 17.5 Å². The molecule has 4 amide bonds. The average Bonchev–Trinajstić information content (AvgIpc) is 3.37. The molecule has 1 heterocycles. The van der Waals surface area contributed by atoms with Gasteiger partial charge in [0, 0.05) is 24.1 Å². The summed E-state index contributed by atoms with van der Waals surface area (Å²) in [6.07, 6.45) is 0.112. The number of thioether (sulfide) groups is 1. The Balaban J connectivity index is 1.15. The standard InChI is InChI=1S/C35H41N7O7S/c36-26(32(45)41-28(31(38)44)21-50-29-19-30(43)42(34(29)47)20-23-8-3-1-4-9-23)12-7-17-39-35(48)49-25-15-13-22(14-16-25)18-27(37)33(46)40-24-10-5-2-6-11-24/h1-6,8-11,13-16,19,26-28,43,47H,7,12,17-18,20-21,36-37H2,(H2,38,44)(H,39,48)(H,40,46)(H,41,45). The SMILES string of the molecule is NC(=O)C(CSc1cc(O)n(Cc2ccccc2)c1O)NC(=O)C(N)CCCNC(=O)Oc1ccc(CC(N)C(=O)Nc2ccccc2)cc1. The number of carbonyl (C=O) groups excluding carboxylic acids is 4. The largest absolute Gasteiger partial charge is 0.494 e. The van der Waals surface area contributed by atoms with Gasteiger partial charge in [-0.1, -0.05) is 60.7 Å². The maximum Gasteiger partial charge on any atom is 0.412 e. The second-order valence-electron chi connectivity index (χ2n) is 11.4. The molecule has 11 N–H and O–H groups in total. The highest BCUT2D eigenvalue weighted by Gasteiger charge is 2.24. The number of nitrogens with zero attached hydrogens (tertiary/aromatic N) is 1. The first-order valence-electron chi connectivity index (χ1n) is 15.8. The van der Waals surface area contributed by atoms with Gasteiger partial charge in [0.05, 0.1) is 23.5 Å². The zero-order chi connectivity index (χ0) is 36.0. The lowest BCUT2D eigenvalue weighted by Crippen LogP contribution is -2.51. The van der Waals surface area contributed by atoms with Crippen molar-refractivity contribution in [1.29, 1.82) is 0 Å². The summed E-state index contributed by atoms with van der Waals surface area (Å²) in [4.78, 5) is 49.7. The molecule has 15 heteroatoms. The summed E-state index contributed by atoms with van der Waals surface area (Å²) in [5.41, 5.74) is 19.9. The fourth-order valence-electron chi connectivity index (χ4n) is 4.76. The van der Waals surface area contributed by atoms with Crippen LogP contribution in [-0.2, 0) is 27.3 Å². The first-order valence-corrected chi connectivity index (χ1v) is 16.8. The Bertz CT molecular complexity index is 1740. The normalized spacial score (nSPS) is 12.7. The molecule has 0 saturated carbocycles. The van der Waals surface area contributed by atoms with Gasteiger partial charge >= 0.3 is 6.09 Å². The summed E-state index contributed by atoms with van der Waals surface area (Å²) >= 11 is 1.04. The Labute approximate surface area is 293 Å². The Hall–Kier alpha value is -5.51. The average molecular weight is 704 g/mol. The molecule has 3 unspecified atom stereocenters. The molecule has 0 fully saturated rings. The molecule has 3 atom stereocenters. The van der Waals surface area contributed by atoms with Crippen molar-refractivity contribution < 1.29 is 34.1 Å². The summed E-state index contributed by atoms with van der Waals surface area (Å²) in [6.45, 7) is 0.402. The number of anilines is 1. The van der Waals surface area contributed by atoms with E-state index in [0.717, 1.165) is 22.9 Å². The van der Waals surface area contributed by atoms with Gasteiger partial charge < -0.3 is 48.1 Å². The van der Waals surface area contributed by atoms with Crippen molar-refractivity contribution >= 4 is 41.3 Å². The maximum atomic E-state index is 12.7. The Morgan fingerprint density at radius 3 is 2.16 bits per heavy atom. The minimum atomic E-state index is -1.10. The predicted octanol–water partition coefficient (Wildman–Crippen LogP) is 2.41. The molecule has 264 valence electrons. The van der Waals surface area contributed by atoms with Gasteiger partial charge in [-0.2, -0.15) is 0 Å². The van der Waals surface area contributed by atoms with Crippen LogP contribution in [0.15, 0.2) is 95.9 Å². The van der Waals surface area contributed by atoms with Crippen LogP contribution in [0, 0.1) is 0 Å². The van der Waals surface area contributed by atoms with Crippen molar-refractivity contribution in [1.82, 2.24) is 15.2 Å². The molecule has 4 aromatic rings. The Kier molecular flexibility index (Phi) is 13.7. The lowest BCUT2D eigenvalue weighted by molar-refractivity contribution is -0.127. The molecular formula is C35H41N7O7S. The number of aromatic hydroxyl groups is 2. The van der Waals surface area contributed by atoms with E-state index in [9.17, 15) is 29.4 Å². The van der Waals surface area contributed by atoms with Crippen LogP contribution in [0.4, 0.5) is 10.5 Å². The van der Waals surface area contributed by atoms with Gasteiger partial charge in [0.2, 0.25) is 23.6 Å². The third-order valence-corrected chi connectivity index (χ3v) is 8.64. The predicted molar refractivity (Wildman–Crippen MR) is 190 cm³/mol. The van der Waals surface area contributed by atoms with Gasteiger partial charge in [0.1, 0.15) is 11.8 Å². The number of nitrogens with one attached hydrogen (secondary N) is 3. The van der Waals surface area contributed by atoms with E-state index in [1.807, 2.05) is 48.5 Å². The van der Waals surface area contributed by atoms with Crippen molar-refractivity contribution in [3.05, 3.63) is 102 Å². The van der Waals surface area contributed by atoms with Crippen LogP contribution in [0.3, 0.4) is 0 Å². The van der Waals surface area contributed by atoms with E-state index >= 15 is 0 Å². The summed E-state index contributed by atoms with van der Waals surface area (Å²) in [7, 11) is 0. The molecule has 0 aliphatic rings. The van der Waals surface area contributed by atoms with E-state index in [2.05, 4.69) is 16.0 Å². The Morgan fingerprint density at radius 1 is 0.840 bits per heavy atom. The number of hydrogen-bond acceptors (Lipinski definition) is 10. The summed E-state index contributed by atoms with van der Waals surface area (Å²) in [5.74, 6) is -1.78. The number of amides is 4. The topological polar surface area (TPSA) is 237 Å². The molecule has 0 aliphatic heterocycles. The van der Waals surface area contributed by atoms with Crippen LogP contribution in [0.1, 0.15) is 24.0 Å². The first-order chi connectivity index (χ1) is 24.0. The minimum absolute atomic E-state index is 0.0130. The van der Waals surface area contributed by atoms with Crippen molar-refractivity contribution in [2.24, 2.45) is 17.2 Å². The summed E-state index contributed by atoms with van der Waals surface area (Å²) in [6, 6.07) is 23.4. The third kappa shape index (κ3) is 11.3. The fourth-order valence-corrected chi connectivity index (χ4v) is 5.78.